The van der Waals surface area contributed by atoms with E-state index < -0.39 is 17.9 Å². The number of rotatable bonds is 4. The summed E-state index contributed by atoms with van der Waals surface area (Å²) in [6.45, 7) is 5.52. The van der Waals surface area contributed by atoms with Crippen LogP contribution in [0.1, 0.15) is 46.9 Å². The van der Waals surface area contributed by atoms with Gasteiger partial charge in [0.2, 0.25) is 0 Å². The van der Waals surface area contributed by atoms with Crippen LogP contribution in [0.5, 0.6) is 0 Å². The van der Waals surface area contributed by atoms with Crippen LogP contribution in [0.15, 0.2) is 53.1 Å². The zero-order valence-electron chi connectivity index (χ0n) is 18.7. The minimum absolute atomic E-state index is 0.460. The highest BCUT2D eigenvalue weighted by molar-refractivity contribution is 7.13. The van der Waals surface area contributed by atoms with E-state index in [1.54, 1.807) is 30.5 Å². The molecule has 9 heteroatoms. The second kappa shape index (κ2) is 8.32. The second-order valence-electron chi connectivity index (χ2n) is 8.21. The number of aliphatic imine (C=N–C) groups is 1. The summed E-state index contributed by atoms with van der Waals surface area (Å²) in [7, 11) is 0. The first kappa shape index (κ1) is 21.7. The largest absolute Gasteiger partial charge is 0.481 e. The van der Waals surface area contributed by atoms with Crippen LogP contribution in [0, 0.1) is 31.1 Å². The predicted octanol–water partition coefficient (Wildman–Crippen LogP) is 4.49. The van der Waals surface area contributed by atoms with Gasteiger partial charge in [-0.15, -0.1) is 21.5 Å². The molecule has 1 aromatic carbocycles. The van der Waals surface area contributed by atoms with Gasteiger partial charge in [-0.25, -0.2) is 0 Å². The van der Waals surface area contributed by atoms with Crippen molar-refractivity contribution in [3.05, 3.63) is 82.0 Å². The maximum absolute atomic E-state index is 12.0. The molecule has 1 unspecified atom stereocenters. The highest BCUT2D eigenvalue weighted by Gasteiger charge is 2.36. The number of pyridine rings is 1. The van der Waals surface area contributed by atoms with Crippen LogP contribution in [0.4, 0.5) is 0 Å². The van der Waals surface area contributed by atoms with Gasteiger partial charge < -0.3 is 5.11 Å². The first-order chi connectivity index (χ1) is 16.4. The molecule has 0 saturated carbocycles. The number of carboxylic acids is 1. The Kier molecular flexibility index (Phi) is 5.30. The van der Waals surface area contributed by atoms with Crippen LogP contribution in [0.2, 0.25) is 0 Å². The number of nitriles is 1. The van der Waals surface area contributed by atoms with Crippen LogP contribution in [-0.4, -0.2) is 36.5 Å². The molecule has 0 radical (unpaired) electrons. The lowest BCUT2D eigenvalue weighted by atomic mass is 9.92. The summed E-state index contributed by atoms with van der Waals surface area (Å²) >= 11 is 1.55. The van der Waals surface area contributed by atoms with Gasteiger partial charge in [-0.3, -0.25) is 19.3 Å². The number of benzene rings is 1. The lowest BCUT2D eigenvalue weighted by Crippen LogP contribution is -2.21. The number of aryl methyl sites for hydroxylation is 2. The number of hydrogen-bond acceptors (Lipinski definition) is 7. The highest BCUT2D eigenvalue weighted by Crippen LogP contribution is 2.40. The van der Waals surface area contributed by atoms with Gasteiger partial charge in [0, 0.05) is 29.1 Å². The summed E-state index contributed by atoms with van der Waals surface area (Å²) in [5.74, 6) is -0.587. The molecule has 1 aliphatic rings. The summed E-state index contributed by atoms with van der Waals surface area (Å²) in [6.07, 6.45) is 3.24. The first-order valence-corrected chi connectivity index (χ1v) is 11.5. The molecule has 4 heterocycles. The molecule has 34 heavy (non-hydrogen) atoms. The van der Waals surface area contributed by atoms with Gasteiger partial charge in [0.25, 0.3) is 0 Å². The summed E-state index contributed by atoms with van der Waals surface area (Å²) in [5, 5.41) is 30.8. The lowest BCUT2D eigenvalue weighted by Gasteiger charge is -2.17. The maximum atomic E-state index is 12.0. The zero-order chi connectivity index (χ0) is 24.0. The number of carbonyl (C=O) groups is 1. The molecule has 4 aromatic rings. The third-order valence-electron chi connectivity index (χ3n) is 6.00. The van der Waals surface area contributed by atoms with E-state index in [1.165, 1.54) is 6.20 Å². The van der Waals surface area contributed by atoms with Crippen molar-refractivity contribution in [2.24, 2.45) is 10.9 Å². The number of hydrogen-bond donors (Lipinski definition) is 1. The zero-order valence-corrected chi connectivity index (χ0v) is 19.5. The maximum Gasteiger partial charge on any atom is 0.308 e. The summed E-state index contributed by atoms with van der Waals surface area (Å²) < 4.78 is 1.92. The van der Waals surface area contributed by atoms with E-state index in [-0.39, 0.29) is 0 Å². The van der Waals surface area contributed by atoms with E-state index in [9.17, 15) is 15.2 Å². The third kappa shape index (κ3) is 3.40. The normalized spacial score (nSPS) is 15.5. The van der Waals surface area contributed by atoms with E-state index >= 15 is 0 Å². The Balaban J connectivity index is 1.82. The Morgan fingerprint density at radius 2 is 1.97 bits per heavy atom. The van der Waals surface area contributed by atoms with Crippen molar-refractivity contribution in [1.82, 2.24) is 19.7 Å². The Morgan fingerprint density at radius 3 is 2.71 bits per heavy atom. The van der Waals surface area contributed by atoms with Crippen molar-refractivity contribution in [2.45, 2.75) is 26.8 Å². The summed E-state index contributed by atoms with van der Waals surface area (Å²) in [5.41, 5.74) is 5.58. The van der Waals surface area contributed by atoms with Gasteiger partial charge >= 0.3 is 5.97 Å². The van der Waals surface area contributed by atoms with E-state index in [1.807, 2.05) is 42.7 Å². The number of thiophene rings is 1. The van der Waals surface area contributed by atoms with Gasteiger partial charge in [0.15, 0.2) is 5.82 Å². The van der Waals surface area contributed by atoms with Crippen LogP contribution >= 0.6 is 11.3 Å². The minimum atomic E-state index is -0.957. The average Bonchev–Trinajstić information content (AvgIpc) is 3.37. The first-order valence-electron chi connectivity index (χ1n) is 10.7. The van der Waals surface area contributed by atoms with Crippen LogP contribution < -0.4 is 0 Å². The molecular weight excluding hydrogens is 448 g/mol. The fourth-order valence-corrected chi connectivity index (χ4v) is 5.34. The molecule has 5 rings (SSSR count). The van der Waals surface area contributed by atoms with Gasteiger partial charge in [-0.1, -0.05) is 24.3 Å². The molecule has 3 aromatic heterocycles. The van der Waals surface area contributed by atoms with E-state index in [0.717, 1.165) is 32.8 Å². The molecule has 0 saturated heterocycles. The minimum Gasteiger partial charge on any atom is -0.481 e. The van der Waals surface area contributed by atoms with Crippen molar-refractivity contribution in [2.75, 3.05) is 0 Å². The van der Waals surface area contributed by atoms with Gasteiger partial charge in [0.1, 0.15) is 22.9 Å². The Hall–Kier alpha value is -4.16. The molecule has 0 bridgehead atoms. The number of nitrogens with zero attached hydrogens (tertiary/aromatic N) is 6. The van der Waals surface area contributed by atoms with Gasteiger partial charge in [0.05, 0.1) is 17.2 Å². The molecule has 1 aliphatic heterocycles. The van der Waals surface area contributed by atoms with Gasteiger partial charge in [-0.2, -0.15) is 5.26 Å². The molecule has 0 amide bonds. The Labute approximate surface area is 199 Å². The Morgan fingerprint density at radius 1 is 1.21 bits per heavy atom. The smallest absolute Gasteiger partial charge is 0.308 e. The van der Waals surface area contributed by atoms with E-state index in [4.69, 9.17) is 4.99 Å². The van der Waals surface area contributed by atoms with Crippen LogP contribution in [0.25, 0.3) is 16.1 Å². The number of aliphatic carboxylic acids is 1. The molecular formula is C25H20N6O2S. The topological polar surface area (TPSA) is 117 Å². The summed E-state index contributed by atoms with van der Waals surface area (Å²) in [6, 6.07) is 11.0. The molecule has 0 spiro atoms. The van der Waals surface area contributed by atoms with E-state index in [2.05, 4.69) is 26.6 Å². The van der Waals surface area contributed by atoms with Crippen molar-refractivity contribution in [3.63, 3.8) is 0 Å². The predicted molar refractivity (Wildman–Crippen MR) is 128 cm³/mol. The highest BCUT2D eigenvalue weighted by atomic mass is 32.1. The molecule has 0 fully saturated rings. The van der Waals surface area contributed by atoms with Crippen molar-refractivity contribution in [3.8, 4) is 22.2 Å². The number of aromatic nitrogens is 4. The fraction of sp³-hybridized carbons (Fsp3) is 0.200. The average molecular weight is 469 g/mol. The van der Waals surface area contributed by atoms with Crippen LogP contribution in [0.3, 0.4) is 0 Å². The lowest BCUT2D eigenvalue weighted by molar-refractivity contribution is -0.141. The second-order valence-corrected chi connectivity index (χ2v) is 9.07. The molecule has 8 nitrogen and oxygen atoms in total. The number of carboxylic acid groups (broad SMARTS) is 1. The van der Waals surface area contributed by atoms with Crippen molar-refractivity contribution in [1.29, 1.82) is 5.26 Å². The Bertz CT molecular complexity index is 1510. The molecule has 2 atom stereocenters. The van der Waals surface area contributed by atoms with Crippen molar-refractivity contribution >= 4 is 23.0 Å². The number of fused-ring (bicyclic) bond motifs is 3. The summed E-state index contributed by atoms with van der Waals surface area (Å²) in [4.78, 5) is 21.3. The molecule has 168 valence electrons. The third-order valence-corrected chi connectivity index (χ3v) is 7.08. The standard InChI is InChI=1S/C25H20N6O2S/c1-13-12-34-24-20(13)22(28-21(14(2)25(32)33)23-30-29-15(3)31(23)24)19-7-5-4-6-18(19)17-8-16(9-26)10-27-11-17/h4-8,10-12,14,21H,1-3H3,(H,32,33)/t14?,21-/m0/s1. The molecule has 1 N–H and O–H groups in total. The molecule has 0 aliphatic carbocycles. The quantitative estimate of drug-likeness (QED) is 0.471. The monoisotopic (exact) mass is 468 g/mol. The van der Waals surface area contributed by atoms with Gasteiger partial charge in [-0.05, 0) is 43.3 Å². The van der Waals surface area contributed by atoms with Crippen molar-refractivity contribution < 1.29 is 9.90 Å². The fourth-order valence-electron chi connectivity index (χ4n) is 4.23. The SMILES string of the molecule is Cc1csc2c1C(c1ccccc1-c1cncc(C#N)c1)=N[C@@H](C(C)C(=O)O)c1nnc(C)n1-2. The van der Waals surface area contributed by atoms with E-state index in [0.29, 0.717) is 22.9 Å². The van der Waals surface area contributed by atoms with Crippen LogP contribution in [-0.2, 0) is 4.79 Å².